The van der Waals surface area contributed by atoms with Crippen LogP contribution in [0.3, 0.4) is 0 Å². The number of benzene rings is 1. The molecule has 1 fully saturated rings. The molecule has 2 amide bonds. The molecule has 0 atom stereocenters. The number of fused-ring (bicyclic) bond motifs is 1. The molecule has 168 valence electrons. The Morgan fingerprint density at radius 3 is 2.22 bits per heavy atom. The van der Waals surface area contributed by atoms with Crippen molar-refractivity contribution < 1.29 is 9.59 Å². The van der Waals surface area contributed by atoms with E-state index in [9.17, 15) is 9.59 Å². The van der Waals surface area contributed by atoms with E-state index < -0.39 is 0 Å². The summed E-state index contributed by atoms with van der Waals surface area (Å²) in [6, 6.07) is 6.78. The zero-order valence-corrected chi connectivity index (χ0v) is 19.9. The third kappa shape index (κ3) is 4.59. The Morgan fingerprint density at radius 1 is 0.938 bits per heavy atom. The fraction of sp³-hybridized carbons (Fsp3) is 0.391. The summed E-state index contributed by atoms with van der Waals surface area (Å²) in [5.74, 6) is -0.0416. The van der Waals surface area contributed by atoms with Crippen molar-refractivity contribution in [3.8, 4) is 0 Å². The average molecular weight is 474 g/mol. The molecule has 0 spiro atoms. The minimum Gasteiger partial charge on any atom is -0.339 e. The average Bonchev–Trinajstić information content (AvgIpc) is 3.12. The fourth-order valence-electron chi connectivity index (χ4n) is 4.21. The van der Waals surface area contributed by atoms with Crippen LogP contribution in [-0.2, 0) is 11.2 Å². The number of hydrogen-bond donors (Lipinski definition) is 0. The lowest BCUT2D eigenvalue weighted by Crippen LogP contribution is -2.50. The van der Waals surface area contributed by atoms with E-state index in [1.807, 2.05) is 36.3 Å². The Morgan fingerprint density at radius 2 is 1.56 bits per heavy atom. The van der Waals surface area contributed by atoms with Crippen molar-refractivity contribution in [2.45, 2.75) is 33.6 Å². The second kappa shape index (κ2) is 9.08. The molecule has 0 bridgehead atoms. The van der Waals surface area contributed by atoms with Crippen molar-refractivity contribution in [1.82, 2.24) is 24.4 Å². The van der Waals surface area contributed by atoms with Crippen LogP contribution < -0.4 is 0 Å². The van der Waals surface area contributed by atoms with Gasteiger partial charge < -0.3 is 9.80 Å². The molecule has 7 nitrogen and oxygen atoms in total. The summed E-state index contributed by atoms with van der Waals surface area (Å²) in [6.45, 7) is 7.90. The van der Waals surface area contributed by atoms with Gasteiger partial charge in [0.2, 0.25) is 5.91 Å². The maximum atomic E-state index is 12.8. The Hall–Kier alpha value is -2.64. The van der Waals surface area contributed by atoms with Gasteiger partial charge in [-0.25, -0.2) is 9.50 Å². The van der Waals surface area contributed by atoms with E-state index in [4.69, 9.17) is 23.2 Å². The summed E-state index contributed by atoms with van der Waals surface area (Å²) in [5.41, 5.74) is 5.21. The maximum Gasteiger partial charge on any atom is 0.254 e. The lowest BCUT2D eigenvalue weighted by Gasteiger charge is -2.35. The standard InChI is InChI=1S/C23H25Cl2N5O2/c1-14-10-21-26-15(2)20(16(3)30(21)27-14)4-5-22(31)28-6-8-29(9-7-28)23(32)17-11-18(24)13-19(25)12-17/h10-13H,4-9H2,1-3H3. The molecular formula is C23H25Cl2N5O2. The molecule has 32 heavy (non-hydrogen) atoms. The number of aryl methyl sites for hydroxylation is 3. The molecule has 1 saturated heterocycles. The molecule has 0 saturated carbocycles. The van der Waals surface area contributed by atoms with E-state index in [0.717, 1.165) is 28.3 Å². The van der Waals surface area contributed by atoms with Gasteiger partial charge in [0, 0.05) is 65.7 Å². The van der Waals surface area contributed by atoms with Crippen molar-refractivity contribution >= 4 is 40.7 Å². The third-order valence-electron chi connectivity index (χ3n) is 5.90. The number of rotatable bonds is 4. The maximum absolute atomic E-state index is 12.8. The van der Waals surface area contributed by atoms with Crippen molar-refractivity contribution in [2.24, 2.45) is 0 Å². The van der Waals surface area contributed by atoms with Crippen LogP contribution in [0.2, 0.25) is 10.0 Å². The summed E-state index contributed by atoms with van der Waals surface area (Å²) in [6.07, 6.45) is 1.01. The topological polar surface area (TPSA) is 70.8 Å². The summed E-state index contributed by atoms with van der Waals surface area (Å²) in [4.78, 5) is 33.8. The minimum absolute atomic E-state index is 0.0819. The van der Waals surface area contributed by atoms with E-state index >= 15 is 0 Å². The molecule has 1 aliphatic heterocycles. The summed E-state index contributed by atoms with van der Waals surface area (Å²) < 4.78 is 1.84. The first-order chi connectivity index (χ1) is 15.2. The number of piperazine rings is 1. The molecule has 0 radical (unpaired) electrons. The quantitative estimate of drug-likeness (QED) is 0.576. The Kier molecular flexibility index (Phi) is 6.40. The van der Waals surface area contributed by atoms with Crippen LogP contribution in [0.1, 0.15) is 39.4 Å². The highest BCUT2D eigenvalue weighted by Gasteiger charge is 2.25. The molecule has 2 aromatic heterocycles. The third-order valence-corrected chi connectivity index (χ3v) is 6.34. The number of amides is 2. The first-order valence-corrected chi connectivity index (χ1v) is 11.3. The zero-order valence-electron chi connectivity index (χ0n) is 18.4. The van der Waals surface area contributed by atoms with Gasteiger partial charge in [-0.15, -0.1) is 0 Å². The van der Waals surface area contributed by atoms with Crippen LogP contribution in [0.15, 0.2) is 24.3 Å². The highest BCUT2D eigenvalue weighted by atomic mass is 35.5. The first-order valence-electron chi connectivity index (χ1n) is 10.6. The van der Waals surface area contributed by atoms with E-state index in [2.05, 4.69) is 10.1 Å². The molecule has 0 N–H and O–H groups in total. The second-order valence-corrected chi connectivity index (χ2v) is 9.02. The van der Waals surface area contributed by atoms with Gasteiger partial charge >= 0.3 is 0 Å². The lowest BCUT2D eigenvalue weighted by atomic mass is 10.1. The molecule has 1 aromatic carbocycles. The normalized spacial score (nSPS) is 14.3. The fourth-order valence-corrected chi connectivity index (χ4v) is 4.74. The van der Waals surface area contributed by atoms with Crippen molar-refractivity contribution in [2.75, 3.05) is 26.2 Å². The first kappa shape index (κ1) is 22.6. The van der Waals surface area contributed by atoms with Gasteiger partial charge in [0.15, 0.2) is 5.65 Å². The van der Waals surface area contributed by atoms with Gasteiger partial charge in [-0.2, -0.15) is 5.10 Å². The number of nitrogens with zero attached hydrogens (tertiary/aromatic N) is 5. The molecule has 0 aliphatic carbocycles. The monoisotopic (exact) mass is 473 g/mol. The largest absolute Gasteiger partial charge is 0.339 e. The lowest BCUT2D eigenvalue weighted by molar-refractivity contribution is -0.132. The number of aromatic nitrogens is 3. The van der Waals surface area contributed by atoms with Crippen molar-refractivity contribution in [3.05, 3.63) is 62.5 Å². The predicted molar refractivity (Wildman–Crippen MR) is 124 cm³/mol. The highest BCUT2D eigenvalue weighted by Crippen LogP contribution is 2.21. The summed E-state index contributed by atoms with van der Waals surface area (Å²) in [7, 11) is 0. The van der Waals surface area contributed by atoms with Gasteiger partial charge in [0.05, 0.1) is 5.69 Å². The zero-order chi connectivity index (χ0) is 23.0. The molecule has 3 heterocycles. The Balaban J connectivity index is 1.36. The van der Waals surface area contributed by atoms with Crippen LogP contribution in [-0.4, -0.2) is 62.4 Å². The van der Waals surface area contributed by atoms with E-state index in [0.29, 0.717) is 54.6 Å². The molecule has 1 aliphatic rings. The summed E-state index contributed by atoms with van der Waals surface area (Å²) in [5, 5.41) is 5.35. The van der Waals surface area contributed by atoms with Gasteiger partial charge in [0.25, 0.3) is 5.91 Å². The predicted octanol–water partition coefficient (Wildman–Crippen LogP) is 3.88. The van der Waals surface area contributed by atoms with Crippen LogP contribution in [0.4, 0.5) is 0 Å². The number of carbonyl (C=O) groups excluding carboxylic acids is 2. The number of carbonyl (C=O) groups is 2. The Labute approximate surface area is 196 Å². The van der Waals surface area contributed by atoms with E-state index in [1.165, 1.54) is 0 Å². The number of hydrogen-bond acceptors (Lipinski definition) is 4. The van der Waals surface area contributed by atoms with Gasteiger partial charge in [0.1, 0.15) is 0 Å². The molecule has 4 rings (SSSR count). The van der Waals surface area contributed by atoms with Crippen LogP contribution in [0.5, 0.6) is 0 Å². The van der Waals surface area contributed by atoms with Gasteiger partial charge in [-0.3, -0.25) is 9.59 Å². The van der Waals surface area contributed by atoms with E-state index in [-0.39, 0.29) is 11.8 Å². The van der Waals surface area contributed by atoms with Gasteiger partial charge in [-0.05, 0) is 51.0 Å². The van der Waals surface area contributed by atoms with Crippen LogP contribution >= 0.6 is 23.2 Å². The Bertz CT molecular complexity index is 1180. The molecule has 9 heteroatoms. The van der Waals surface area contributed by atoms with Crippen molar-refractivity contribution in [1.29, 1.82) is 0 Å². The van der Waals surface area contributed by atoms with Crippen LogP contribution in [0.25, 0.3) is 5.65 Å². The number of halogens is 2. The smallest absolute Gasteiger partial charge is 0.254 e. The van der Waals surface area contributed by atoms with Crippen molar-refractivity contribution in [3.63, 3.8) is 0 Å². The molecular weight excluding hydrogens is 449 g/mol. The highest BCUT2D eigenvalue weighted by molar-refractivity contribution is 6.35. The van der Waals surface area contributed by atoms with Gasteiger partial charge in [-0.1, -0.05) is 23.2 Å². The summed E-state index contributed by atoms with van der Waals surface area (Å²) >= 11 is 12.0. The minimum atomic E-state index is -0.123. The van der Waals surface area contributed by atoms with E-state index in [1.54, 1.807) is 23.1 Å². The molecule has 0 unspecified atom stereocenters. The SMILES string of the molecule is Cc1cc2nc(C)c(CCC(=O)N3CCN(C(=O)c4cc(Cl)cc(Cl)c4)CC3)c(C)n2n1. The van der Waals surface area contributed by atoms with Crippen LogP contribution in [0, 0.1) is 20.8 Å². The second-order valence-electron chi connectivity index (χ2n) is 8.15. The molecule has 3 aromatic rings.